The van der Waals surface area contributed by atoms with Crippen molar-refractivity contribution in [1.82, 2.24) is 0 Å². The molecule has 0 saturated heterocycles. The fourth-order valence-electron chi connectivity index (χ4n) is 1.63. The molecule has 9 heteroatoms. The summed E-state index contributed by atoms with van der Waals surface area (Å²) >= 11 is 0. The topological polar surface area (TPSA) is 26.3 Å². The van der Waals surface area contributed by atoms with Crippen molar-refractivity contribution in [2.45, 2.75) is 58.1 Å². The van der Waals surface area contributed by atoms with Gasteiger partial charge in [0.25, 0.3) is 0 Å². The van der Waals surface area contributed by atoms with Crippen molar-refractivity contribution in [2.24, 2.45) is 11.8 Å². The van der Waals surface area contributed by atoms with Crippen LogP contribution in [0.4, 0.5) is 30.7 Å². The summed E-state index contributed by atoms with van der Waals surface area (Å²) in [6.07, 6.45) is -7.25. The zero-order valence-electron chi connectivity index (χ0n) is 12.4. The summed E-state index contributed by atoms with van der Waals surface area (Å²) in [7, 11) is 0. The minimum atomic E-state index is -6.40. The van der Waals surface area contributed by atoms with Crippen LogP contribution in [0, 0.1) is 11.8 Å². The van der Waals surface area contributed by atoms with E-state index in [0.29, 0.717) is 12.8 Å². The summed E-state index contributed by atoms with van der Waals surface area (Å²) < 4.78 is 93.4. The summed E-state index contributed by atoms with van der Waals surface area (Å²) in [6, 6.07) is 0. The van der Waals surface area contributed by atoms with Gasteiger partial charge in [-0.2, -0.15) is 30.7 Å². The maximum atomic E-state index is 13.4. The number of alkyl halides is 7. The summed E-state index contributed by atoms with van der Waals surface area (Å²) in [6.45, 7) is 4.21. The van der Waals surface area contributed by atoms with E-state index in [0.717, 1.165) is 0 Å². The monoisotopic (exact) mass is 340 g/mol. The number of rotatable bonds is 8. The highest BCUT2D eigenvalue weighted by molar-refractivity contribution is 5.72. The molecule has 0 heterocycles. The Hall–Kier alpha value is -1.02. The van der Waals surface area contributed by atoms with E-state index in [9.17, 15) is 35.5 Å². The average Bonchev–Trinajstić information content (AvgIpc) is 2.34. The quantitative estimate of drug-likeness (QED) is 0.360. The lowest BCUT2D eigenvalue weighted by atomic mass is 9.87. The van der Waals surface area contributed by atoms with Gasteiger partial charge in [0.15, 0.2) is 0 Å². The molecule has 0 aromatic rings. The van der Waals surface area contributed by atoms with Crippen molar-refractivity contribution in [2.75, 3.05) is 6.61 Å². The molecule has 0 aliphatic heterocycles. The fraction of sp³-hybridized carbons (Fsp3) is 0.923. The summed E-state index contributed by atoms with van der Waals surface area (Å²) in [5.41, 5.74) is 0. The van der Waals surface area contributed by atoms with Crippen molar-refractivity contribution in [1.29, 1.82) is 0 Å². The Balaban J connectivity index is 5.13. The van der Waals surface area contributed by atoms with Crippen LogP contribution in [0.1, 0.15) is 40.0 Å². The molecule has 0 aromatic carbocycles. The first-order valence-corrected chi connectivity index (χ1v) is 6.77. The number of unbranched alkanes of at least 4 members (excludes halogenated alkanes) is 1. The van der Waals surface area contributed by atoms with E-state index in [4.69, 9.17) is 0 Å². The lowest BCUT2D eigenvalue weighted by molar-refractivity contribution is -0.357. The van der Waals surface area contributed by atoms with E-state index in [1.165, 1.54) is 13.8 Å². The average molecular weight is 340 g/mol. The van der Waals surface area contributed by atoms with Crippen molar-refractivity contribution in [3.05, 3.63) is 0 Å². The van der Waals surface area contributed by atoms with Crippen LogP contribution in [0.25, 0.3) is 0 Å². The van der Waals surface area contributed by atoms with Crippen LogP contribution in [0.3, 0.4) is 0 Å². The SMILES string of the molecule is CCCCOC(=O)C(CC(F)(F)C(F)(F)C(F)(F)F)C(C)C. The smallest absolute Gasteiger partial charge is 0.459 e. The maximum Gasteiger partial charge on any atom is 0.459 e. The third-order valence-electron chi connectivity index (χ3n) is 3.14. The molecular weight excluding hydrogens is 321 g/mol. The number of carbonyl (C=O) groups is 1. The third-order valence-corrected chi connectivity index (χ3v) is 3.14. The van der Waals surface area contributed by atoms with E-state index in [-0.39, 0.29) is 6.61 Å². The molecule has 1 unspecified atom stereocenters. The number of hydrogen-bond acceptors (Lipinski definition) is 2. The summed E-state index contributed by atoms with van der Waals surface area (Å²) in [4.78, 5) is 11.6. The second-order valence-electron chi connectivity index (χ2n) is 5.35. The zero-order chi connectivity index (χ0) is 17.8. The van der Waals surface area contributed by atoms with Crippen LogP contribution in [0.2, 0.25) is 0 Å². The minimum absolute atomic E-state index is 0.0974. The van der Waals surface area contributed by atoms with Crippen molar-refractivity contribution >= 4 is 5.97 Å². The van der Waals surface area contributed by atoms with Gasteiger partial charge in [-0.1, -0.05) is 27.2 Å². The molecule has 0 spiro atoms. The fourth-order valence-corrected chi connectivity index (χ4v) is 1.63. The Bertz CT molecular complexity index is 364. The van der Waals surface area contributed by atoms with Crippen LogP contribution >= 0.6 is 0 Å². The lowest BCUT2D eigenvalue weighted by Gasteiger charge is -2.31. The number of carbonyl (C=O) groups excluding carboxylic acids is 1. The minimum Gasteiger partial charge on any atom is -0.465 e. The predicted octanol–water partition coefficient (Wildman–Crippen LogP) is 4.82. The van der Waals surface area contributed by atoms with Gasteiger partial charge in [-0.05, 0) is 12.3 Å². The van der Waals surface area contributed by atoms with E-state index in [1.54, 1.807) is 6.92 Å². The summed E-state index contributed by atoms with van der Waals surface area (Å²) in [5.74, 6) is -15.4. The van der Waals surface area contributed by atoms with Gasteiger partial charge >= 0.3 is 24.0 Å². The van der Waals surface area contributed by atoms with Crippen LogP contribution in [0.5, 0.6) is 0 Å². The van der Waals surface area contributed by atoms with Gasteiger partial charge in [-0.15, -0.1) is 0 Å². The molecule has 0 radical (unpaired) electrons. The van der Waals surface area contributed by atoms with Crippen molar-refractivity contribution < 1.29 is 40.3 Å². The Morgan fingerprint density at radius 2 is 1.55 bits per heavy atom. The predicted molar refractivity (Wildman–Crippen MR) is 64.8 cm³/mol. The Morgan fingerprint density at radius 3 is 1.91 bits per heavy atom. The zero-order valence-corrected chi connectivity index (χ0v) is 12.4. The number of esters is 1. The molecule has 0 N–H and O–H groups in total. The van der Waals surface area contributed by atoms with E-state index >= 15 is 0 Å². The largest absolute Gasteiger partial charge is 0.465 e. The van der Waals surface area contributed by atoms with Crippen LogP contribution in [-0.4, -0.2) is 30.6 Å². The van der Waals surface area contributed by atoms with Crippen LogP contribution < -0.4 is 0 Å². The normalized spacial score (nSPS) is 15.0. The molecule has 0 rings (SSSR count). The van der Waals surface area contributed by atoms with Crippen molar-refractivity contribution in [3.8, 4) is 0 Å². The molecule has 0 aromatic heterocycles. The van der Waals surface area contributed by atoms with Crippen LogP contribution in [-0.2, 0) is 9.53 Å². The number of halogens is 7. The molecule has 0 bridgehead atoms. The first-order valence-electron chi connectivity index (χ1n) is 6.77. The van der Waals surface area contributed by atoms with E-state index in [1.807, 2.05) is 0 Å². The number of hydrogen-bond donors (Lipinski definition) is 0. The highest BCUT2D eigenvalue weighted by atomic mass is 19.4. The molecule has 2 nitrogen and oxygen atoms in total. The summed E-state index contributed by atoms with van der Waals surface area (Å²) in [5, 5.41) is 0. The van der Waals surface area contributed by atoms with Gasteiger partial charge in [0.05, 0.1) is 12.5 Å². The van der Waals surface area contributed by atoms with E-state index < -0.39 is 42.2 Å². The third kappa shape index (κ3) is 5.01. The number of ether oxygens (including phenoxy) is 1. The van der Waals surface area contributed by atoms with Crippen LogP contribution in [0.15, 0.2) is 0 Å². The lowest BCUT2D eigenvalue weighted by Crippen LogP contribution is -2.53. The standard InChI is InChI=1S/C13H19F7O2/c1-4-5-6-22-10(21)9(8(2)3)7-11(14,15)12(16,17)13(18,19)20/h8-9H,4-7H2,1-3H3. The highest BCUT2D eigenvalue weighted by Crippen LogP contribution is 2.49. The van der Waals surface area contributed by atoms with Crippen molar-refractivity contribution in [3.63, 3.8) is 0 Å². The second kappa shape index (κ2) is 7.50. The van der Waals surface area contributed by atoms with Gasteiger partial charge in [-0.3, -0.25) is 4.79 Å². The maximum absolute atomic E-state index is 13.4. The Morgan fingerprint density at radius 1 is 1.05 bits per heavy atom. The second-order valence-corrected chi connectivity index (χ2v) is 5.35. The molecule has 22 heavy (non-hydrogen) atoms. The molecular formula is C13H19F7O2. The molecule has 0 amide bonds. The van der Waals surface area contributed by atoms with Gasteiger partial charge in [-0.25, -0.2) is 0 Å². The molecule has 0 saturated carbocycles. The van der Waals surface area contributed by atoms with Gasteiger partial charge in [0.1, 0.15) is 0 Å². The first kappa shape index (κ1) is 21.0. The molecule has 0 aliphatic rings. The molecule has 0 fully saturated rings. The highest BCUT2D eigenvalue weighted by Gasteiger charge is 2.73. The molecule has 132 valence electrons. The first-order chi connectivity index (χ1) is 9.78. The van der Waals surface area contributed by atoms with Gasteiger partial charge in [0.2, 0.25) is 0 Å². The molecule has 0 aliphatic carbocycles. The van der Waals surface area contributed by atoms with Gasteiger partial charge in [0, 0.05) is 6.42 Å². The molecule has 1 atom stereocenters. The Kier molecular flexibility index (Phi) is 7.15. The van der Waals surface area contributed by atoms with Gasteiger partial charge < -0.3 is 4.74 Å². The van der Waals surface area contributed by atoms with E-state index in [2.05, 4.69) is 4.74 Å². The Labute approximate surface area is 124 Å².